The van der Waals surface area contributed by atoms with Gasteiger partial charge in [-0.3, -0.25) is 9.59 Å². The van der Waals surface area contributed by atoms with Gasteiger partial charge in [0, 0.05) is 24.3 Å². The summed E-state index contributed by atoms with van der Waals surface area (Å²) < 4.78 is 0. The standard InChI is InChI=1S/C13H19N3O2S/c1-9-4-3-5-10(2)16(9)12(18)8-19-13-14-7-6-11(17)15-13/h6-7,9-10H,3-5,8H2,1-2H3,(H,14,15,17)/t9-,10+. The van der Waals surface area contributed by atoms with Crippen molar-refractivity contribution in [3.8, 4) is 0 Å². The van der Waals surface area contributed by atoms with Gasteiger partial charge in [0.15, 0.2) is 5.16 Å². The number of carbonyl (C=O) groups is 1. The number of aromatic nitrogens is 2. The van der Waals surface area contributed by atoms with Crippen LogP contribution in [0.3, 0.4) is 0 Å². The fourth-order valence-corrected chi connectivity index (χ4v) is 3.26. The maximum atomic E-state index is 12.3. The highest BCUT2D eigenvalue weighted by atomic mass is 32.2. The van der Waals surface area contributed by atoms with E-state index in [1.165, 1.54) is 30.4 Å². The summed E-state index contributed by atoms with van der Waals surface area (Å²) in [7, 11) is 0. The van der Waals surface area contributed by atoms with Crippen molar-refractivity contribution in [3.05, 3.63) is 22.6 Å². The number of piperidine rings is 1. The van der Waals surface area contributed by atoms with E-state index in [9.17, 15) is 9.59 Å². The smallest absolute Gasteiger partial charge is 0.251 e. The maximum absolute atomic E-state index is 12.3. The van der Waals surface area contributed by atoms with E-state index in [4.69, 9.17) is 0 Å². The van der Waals surface area contributed by atoms with E-state index < -0.39 is 0 Å². The van der Waals surface area contributed by atoms with Crippen LogP contribution >= 0.6 is 11.8 Å². The number of hydrogen-bond acceptors (Lipinski definition) is 4. The van der Waals surface area contributed by atoms with E-state index in [0.717, 1.165) is 12.8 Å². The molecule has 1 N–H and O–H groups in total. The van der Waals surface area contributed by atoms with Gasteiger partial charge in [0.05, 0.1) is 5.75 Å². The SMILES string of the molecule is C[C@@H]1CCC[C@H](C)N1C(=O)CSc1nccc(=O)[nH]1. The molecule has 0 unspecified atom stereocenters. The van der Waals surface area contributed by atoms with Gasteiger partial charge < -0.3 is 9.88 Å². The predicted molar refractivity (Wildman–Crippen MR) is 75.2 cm³/mol. The van der Waals surface area contributed by atoms with Crippen molar-refractivity contribution >= 4 is 17.7 Å². The van der Waals surface area contributed by atoms with Crippen molar-refractivity contribution in [1.29, 1.82) is 0 Å². The Labute approximate surface area is 116 Å². The van der Waals surface area contributed by atoms with E-state index >= 15 is 0 Å². The number of amides is 1. The Morgan fingerprint density at radius 2 is 2.16 bits per heavy atom. The molecular formula is C13H19N3O2S. The molecule has 104 valence electrons. The van der Waals surface area contributed by atoms with Crippen molar-refractivity contribution in [2.45, 2.75) is 50.4 Å². The number of carbonyl (C=O) groups excluding carboxylic acids is 1. The molecule has 1 aliphatic rings. The number of H-pyrrole nitrogens is 1. The number of hydrogen-bond donors (Lipinski definition) is 1. The van der Waals surface area contributed by atoms with Gasteiger partial charge in [0.1, 0.15) is 0 Å². The third kappa shape index (κ3) is 3.59. The molecule has 6 heteroatoms. The molecule has 0 bridgehead atoms. The lowest BCUT2D eigenvalue weighted by atomic mass is 9.98. The van der Waals surface area contributed by atoms with Crippen LogP contribution in [-0.2, 0) is 4.79 Å². The number of aromatic amines is 1. The third-order valence-electron chi connectivity index (χ3n) is 3.46. The minimum absolute atomic E-state index is 0.121. The van der Waals surface area contributed by atoms with Gasteiger partial charge in [-0.1, -0.05) is 11.8 Å². The highest BCUT2D eigenvalue weighted by Crippen LogP contribution is 2.24. The van der Waals surface area contributed by atoms with Crippen molar-refractivity contribution in [2.75, 3.05) is 5.75 Å². The minimum Gasteiger partial charge on any atom is -0.337 e. The van der Waals surface area contributed by atoms with Gasteiger partial charge in [-0.05, 0) is 33.1 Å². The second kappa shape index (κ2) is 6.23. The van der Waals surface area contributed by atoms with E-state index in [-0.39, 0.29) is 11.5 Å². The Morgan fingerprint density at radius 3 is 2.79 bits per heavy atom. The summed E-state index contributed by atoms with van der Waals surface area (Å²) in [6.07, 6.45) is 4.78. The molecular weight excluding hydrogens is 262 g/mol. The fourth-order valence-electron chi connectivity index (χ4n) is 2.54. The topological polar surface area (TPSA) is 66.1 Å². The van der Waals surface area contributed by atoms with Gasteiger partial charge in [0.2, 0.25) is 5.91 Å². The minimum atomic E-state index is -0.190. The molecule has 5 nitrogen and oxygen atoms in total. The van der Waals surface area contributed by atoms with Gasteiger partial charge in [0.25, 0.3) is 5.56 Å². The Bertz CT molecular complexity index is 493. The monoisotopic (exact) mass is 281 g/mol. The fraction of sp³-hybridized carbons (Fsp3) is 0.615. The zero-order chi connectivity index (χ0) is 13.8. The molecule has 0 aromatic carbocycles. The third-order valence-corrected chi connectivity index (χ3v) is 4.33. The van der Waals surface area contributed by atoms with E-state index in [1.807, 2.05) is 4.90 Å². The maximum Gasteiger partial charge on any atom is 0.251 e. The highest BCUT2D eigenvalue weighted by molar-refractivity contribution is 7.99. The molecule has 1 saturated heterocycles. The summed E-state index contributed by atoms with van der Waals surface area (Å²) in [5, 5.41) is 0.498. The molecule has 0 spiro atoms. The lowest BCUT2D eigenvalue weighted by Crippen LogP contribution is -2.48. The highest BCUT2D eigenvalue weighted by Gasteiger charge is 2.28. The first-order valence-electron chi connectivity index (χ1n) is 6.57. The van der Waals surface area contributed by atoms with Crippen LogP contribution in [-0.4, -0.2) is 38.6 Å². The molecule has 1 fully saturated rings. The average molecular weight is 281 g/mol. The van der Waals surface area contributed by atoms with Crippen molar-refractivity contribution < 1.29 is 4.79 Å². The van der Waals surface area contributed by atoms with Crippen LogP contribution in [0.2, 0.25) is 0 Å². The summed E-state index contributed by atoms with van der Waals surface area (Å²) in [6.45, 7) is 4.20. The molecule has 0 radical (unpaired) electrons. The van der Waals surface area contributed by atoms with Crippen LogP contribution < -0.4 is 5.56 Å². The van der Waals surface area contributed by atoms with Crippen molar-refractivity contribution in [1.82, 2.24) is 14.9 Å². The van der Waals surface area contributed by atoms with Crippen molar-refractivity contribution in [2.24, 2.45) is 0 Å². The van der Waals surface area contributed by atoms with Crippen LogP contribution in [0.25, 0.3) is 0 Å². The van der Waals surface area contributed by atoms with E-state index in [2.05, 4.69) is 23.8 Å². The first-order chi connectivity index (χ1) is 9.08. The Kier molecular flexibility index (Phi) is 4.63. The summed E-state index contributed by atoms with van der Waals surface area (Å²) in [4.78, 5) is 32.0. The first-order valence-corrected chi connectivity index (χ1v) is 7.56. The number of rotatable bonds is 3. The molecule has 1 amide bonds. The zero-order valence-corrected chi connectivity index (χ0v) is 12.1. The van der Waals surface area contributed by atoms with Gasteiger partial charge in [-0.25, -0.2) is 4.98 Å². The molecule has 0 saturated carbocycles. The van der Waals surface area contributed by atoms with E-state index in [0.29, 0.717) is 23.0 Å². The molecule has 19 heavy (non-hydrogen) atoms. The molecule has 1 aromatic rings. The Balaban J connectivity index is 1.95. The second-order valence-electron chi connectivity index (χ2n) is 4.96. The molecule has 2 heterocycles. The van der Waals surface area contributed by atoms with E-state index in [1.54, 1.807) is 0 Å². The van der Waals surface area contributed by atoms with Crippen LogP contribution in [0.15, 0.2) is 22.2 Å². The lowest BCUT2D eigenvalue weighted by Gasteiger charge is -2.39. The number of nitrogens with one attached hydrogen (secondary N) is 1. The molecule has 2 atom stereocenters. The van der Waals surface area contributed by atoms with Crippen LogP contribution in [0.1, 0.15) is 33.1 Å². The van der Waals surface area contributed by atoms with Gasteiger partial charge in [-0.15, -0.1) is 0 Å². The lowest BCUT2D eigenvalue weighted by molar-refractivity contribution is -0.134. The second-order valence-corrected chi connectivity index (χ2v) is 5.92. The number of nitrogens with zero attached hydrogens (tertiary/aromatic N) is 2. The number of thioether (sulfide) groups is 1. The van der Waals surface area contributed by atoms with Crippen LogP contribution in [0, 0.1) is 0 Å². The first kappa shape index (κ1) is 14.1. The van der Waals surface area contributed by atoms with Crippen LogP contribution in [0.4, 0.5) is 0 Å². The van der Waals surface area contributed by atoms with Gasteiger partial charge >= 0.3 is 0 Å². The summed E-state index contributed by atoms with van der Waals surface area (Å²) in [5.74, 6) is 0.443. The van der Waals surface area contributed by atoms with Crippen LogP contribution in [0.5, 0.6) is 0 Å². The average Bonchev–Trinajstić information content (AvgIpc) is 2.36. The van der Waals surface area contributed by atoms with Crippen molar-refractivity contribution in [3.63, 3.8) is 0 Å². The Hall–Kier alpha value is -1.30. The molecule has 2 rings (SSSR count). The number of likely N-dealkylation sites (tertiary alicyclic amines) is 1. The molecule has 1 aromatic heterocycles. The summed E-state index contributed by atoms with van der Waals surface area (Å²) in [6, 6.07) is 1.97. The molecule has 0 aliphatic carbocycles. The quantitative estimate of drug-likeness (QED) is 0.676. The Morgan fingerprint density at radius 1 is 1.47 bits per heavy atom. The summed E-state index contributed by atoms with van der Waals surface area (Å²) in [5.41, 5.74) is -0.190. The molecule has 1 aliphatic heterocycles. The predicted octanol–water partition coefficient (Wildman–Crippen LogP) is 1.65. The largest absolute Gasteiger partial charge is 0.337 e. The summed E-state index contributed by atoms with van der Waals surface area (Å²) >= 11 is 1.28. The normalized spacial score (nSPS) is 23.4. The zero-order valence-electron chi connectivity index (χ0n) is 11.3. The van der Waals surface area contributed by atoms with Gasteiger partial charge in [-0.2, -0.15) is 0 Å².